The Morgan fingerprint density at radius 1 is 1.21 bits per heavy atom. The van der Waals surface area contributed by atoms with Crippen LogP contribution in [0.3, 0.4) is 0 Å². The molecule has 0 saturated carbocycles. The summed E-state index contributed by atoms with van der Waals surface area (Å²) >= 11 is 0. The van der Waals surface area contributed by atoms with Gasteiger partial charge in [-0.15, -0.1) is 0 Å². The Hall–Kier alpha value is -1.25. The summed E-state index contributed by atoms with van der Waals surface area (Å²) in [4.78, 5) is 10.7. The molecule has 4 atom stereocenters. The van der Waals surface area contributed by atoms with Crippen LogP contribution in [0.2, 0.25) is 0 Å². The molecule has 7 heteroatoms. The van der Waals surface area contributed by atoms with Crippen LogP contribution >= 0.6 is 0 Å². The minimum Gasteiger partial charge on any atom is -0.478 e. The van der Waals surface area contributed by atoms with Gasteiger partial charge in [-0.05, 0) is 39.5 Å². The van der Waals surface area contributed by atoms with Gasteiger partial charge in [0.25, 0.3) is 0 Å². The second-order valence-electron chi connectivity index (χ2n) is 6.06. The number of rotatable bonds is 9. The average molecular weight is 344 g/mol. The summed E-state index contributed by atoms with van der Waals surface area (Å²) in [7, 11) is 2.79. The minimum atomic E-state index is -1.54. The number of methoxy groups -OCH3 is 2. The third-order valence-electron chi connectivity index (χ3n) is 4.25. The topological polar surface area (TPSA) is 105 Å². The first kappa shape index (κ1) is 20.8. The molecule has 1 saturated heterocycles. The molecule has 0 aromatic carbocycles. The minimum absolute atomic E-state index is 0.258. The van der Waals surface area contributed by atoms with E-state index in [0.29, 0.717) is 18.4 Å². The maximum Gasteiger partial charge on any atom is 0.330 e. The van der Waals surface area contributed by atoms with Gasteiger partial charge in [-0.25, -0.2) is 4.79 Å². The molecule has 1 heterocycles. The Kier molecular flexibility index (Phi) is 8.05. The van der Waals surface area contributed by atoms with Crippen LogP contribution in [0.15, 0.2) is 23.3 Å². The van der Waals surface area contributed by atoms with Gasteiger partial charge in [0.05, 0.1) is 0 Å². The number of aliphatic hydroxyl groups excluding tert-OH is 1. The smallest absolute Gasteiger partial charge is 0.330 e. The molecule has 138 valence electrons. The van der Waals surface area contributed by atoms with Gasteiger partial charge in [0.2, 0.25) is 0 Å². The molecule has 0 aromatic heterocycles. The molecule has 1 rings (SSSR count). The van der Waals surface area contributed by atoms with Crippen molar-refractivity contribution in [2.75, 3.05) is 14.2 Å². The molecule has 0 unspecified atom stereocenters. The second kappa shape index (κ2) is 9.29. The third-order valence-corrected chi connectivity index (χ3v) is 4.25. The summed E-state index contributed by atoms with van der Waals surface area (Å²) in [6.45, 7) is 3.51. The Morgan fingerprint density at radius 2 is 1.88 bits per heavy atom. The number of carboxylic acid groups (broad SMARTS) is 1. The first-order chi connectivity index (χ1) is 11.3. The van der Waals surface area contributed by atoms with Crippen molar-refractivity contribution >= 4 is 5.97 Å². The highest BCUT2D eigenvalue weighted by Crippen LogP contribution is 2.35. The van der Waals surface area contributed by atoms with Crippen LogP contribution in [0.5, 0.6) is 0 Å². The van der Waals surface area contributed by atoms with E-state index in [1.54, 1.807) is 13.0 Å². The zero-order valence-electron chi connectivity index (χ0n) is 14.7. The molecule has 0 radical (unpaired) electrons. The van der Waals surface area contributed by atoms with E-state index in [1.807, 2.05) is 13.0 Å². The molecule has 7 nitrogen and oxygen atoms in total. The predicted molar refractivity (Wildman–Crippen MR) is 87.3 cm³/mol. The number of allylic oxidation sites excluding steroid dienone is 3. The van der Waals surface area contributed by atoms with Gasteiger partial charge in [-0.3, -0.25) is 0 Å². The zero-order valence-corrected chi connectivity index (χ0v) is 14.7. The van der Waals surface area contributed by atoms with Crippen molar-refractivity contribution in [3.63, 3.8) is 0 Å². The van der Waals surface area contributed by atoms with E-state index in [1.165, 1.54) is 14.2 Å². The van der Waals surface area contributed by atoms with Crippen LogP contribution in [0.25, 0.3) is 0 Å². The van der Waals surface area contributed by atoms with Crippen LogP contribution in [0, 0.1) is 0 Å². The number of hydrogen-bond donors (Lipinski definition) is 3. The number of aliphatic carboxylic acids is 1. The number of carboxylic acids is 1. The standard InChI is InChI=1S/C17H28O7/c1-11(7-5-9-12(2)14(19)20)8-6-10-17(21)13(18)15(22-3)24-16(17)23-4/h8-9,13,15-16,18,21H,5-7,10H2,1-4H3,(H,19,20)/b11-8+,12-9+/t13-,15-,16+,17-/m1/s1. The van der Waals surface area contributed by atoms with Crippen LogP contribution in [-0.4, -0.2) is 59.8 Å². The Balaban J connectivity index is 2.55. The summed E-state index contributed by atoms with van der Waals surface area (Å²) in [5, 5.41) is 29.6. The molecule has 1 fully saturated rings. The van der Waals surface area contributed by atoms with Crippen molar-refractivity contribution in [2.24, 2.45) is 0 Å². The molecule has 0 spiro atoms. The fraction of sp³-hybridized carbons (Fsp3) is 0.706. The van der Waals surface area contributed by atoms with E-state index >= 15 is 0 Å². The summed E-state index contributed by atoms with van der Waals surface area (Å²) in [5.74, 6) is -0.910. The maximum absolute atomic E-state index is 10.7. The molecule has 0 bridgehead atoms. The molecule has 1 aliphatic heterocycles. The van der Waals surface area contributed by atoms with Gasteiger partial charge in [-0.1, -0.05) is 17.7 Å². The molecule has 3 N–H and O–H groups in total. The zero-order chi connectivity index (χ0) is 18.3. The summed E-state index contributed by atoms with van der Waals surface area (Å²) in [5.41, 5.74) is -0.123. The molecule has 0 aromatic rings. The normalized spacial score (nSPS) is 31.5. The van der Waals surface area contributed by atoms with E-state index in [9.17, 15) is 15.0 Å². The van der Waals surface area contributed by atoms with Gasteiger partial charge in [-0.2, -0.15) is 0 Å². The van der Waals surface area contributed by atoms with Crippen molar-refractivity contribution in [2.45, 2.75) is 63.8 Å². The van der Waals surface area contributed by atoms with Crippen LogP contribution in [-0.2, 0) is 19.0 Å². The van der Waals surface area contributed by atoms with Crippen molar-refractivity contribution < 1.29 is 34.3 Å². The first-order valence-corrected chi connectivity index (χ1v) is 7.93. The largest absolute Gasteiger partial charge is 0.478 e. The van der Waals surface area contributed by atoms with E-state index < -0.39 is 30.3 Å². The van der Waals surface area contributed by atoms with Gasteiger partial charge in [0, 0.05) is 19.8 Å². The molecule has 0 amide bonds. The lowest BCUT2D eigenvalue weighted by Crippen LogP contribution is -2.49. The maximum atomic E-state index is 10.7. The third kappa shape index (κ3) is 5.12. The number of carbonyl (C=O) groups is 1. The van der Waals surface area contributed by atoms with Gasteiger partial charge in [0.15, 0.2) is 12.6 Å². The Labute approximate surface area is 142 Å². The Bertz CT molecular complexity index is 481. The second-order valence-corrected chi connectivity index (χ2v) is 6.06. The highest BCUT2D eigenvalue weighted by Gasteiger charge is 2.55. The van der Waals surface area contributed by atoms with Crippen LogP contribution < -0.4 is 0 Å². The summed E-state index contributed by atoms with van der Waals surface area (Å²) in [6, 6.07) is 0. The number of ether oxygens (including phenoxy) is 3. The quantitative estimate of drug-likeness (QED) is 0.431. The molecule has 24 heavy (non-hydrogen) atoms. The van der Waals surface area contributed by atoms with Gasteiger partial charge >= 0.3 is 5.97 Å². The summed E-state index contributed by atoms with van der Waals surface area (Å²) < 4.78 is 15.4. The fourth-order valence-electron chi connectivity index (χ4n) is 2.65. The van der Waals surface area contributed by atoms with Crippen molar-refractivity contribution in [3.8, 4) is 0 Å². The number of hydrogen-bond acceptors (Lipinski definition) is 6. The Morgan fingerprint density at radius 3 is 2.42 bits per heavy atom. The van der Waals surface area contributed by atoms with Crippen molar-refractivity contribution in [1.82, 2.24) is 0 Å². The monoisotopic (exact) mass is 344 g/mol. The summed E-state index contributed by atoms with van der Waals surface area (Å²) in [6.07, 6.45) is 2.74. The molecular formula is C17H28O7. The van der Waals surface area contributed by atoms with E-state index in [-0.39, 0.29) is 6.42 Å². The lowest BCUT2D eigenvalue weighted by molar-refractivity contribution is -0.219. The van der Waals surface area contributed by atoms with Crippen LogP contribution in [0.1, 0.15) is 39.5 Å². The van der Waals surface area contributed by atoms with Gasteiger partial charge in [0.1, 0.15) is 11.7 Å². The van der Waals surface area contributed by atoms with Crippen molar-refractivity contribution in [1.29, 1.82) is 0 Å². The van der Waals surface area contributed by atoms with E-state index in [2.05, 4.69) is 0 Å². The highest BCUT2D eigenvalue weighted by molar-refractivity contribution is 5.85. The predicted octanol–water partition coefficient (Wildman–Crippen LogP) is 1.59. The highest BCUT2D eigenvalue weighted by atomic mass is 16.8. The van der Waals surface area contributed by atoms with E-state index in [0.717, 1.165) is 12.0 Å². The van der Waals surface area contributed by atoms with Crippen LogP contribution in [0.4, 0.5) is 0 Å². The molecular weight excluding hydrogens is 316 g/mol. The first-order valence-electron chi connectivity index (χ1n) is 7.93. The lowest BCUT2D eigenvalue weighted by atomic mass is 9.91. The van der Waals surface area contributed by atoms with E-state index in [4.69, 9.17) is 19.3 Å². The lowest BCUT2D eigenvalue weighted by Gasteiger charge is -2.29. The average Bonchev–Trinajstić information content (AvgIpc) is 2.78. The fourth-order valence-corrected chi connectivity index (χ4v) is 2.65. The molecule has 0 aliphatic carbocycles. The van der Waals surface area contributed by atoms with Gasteiger partial charge < -0.3 is 29.5 Å². The number of aliphatic hydroxyl groups is 2. The van der Waals surface area contributed by atoms with Crippen molar-refractivity contribution in [3.05, 3.63) is 23.3 Å². The SMILES string of the molecule is CO[C@@H]1O[C@H](OC)[C@@](O)(CC/C=C(\C)CC/C=C(\C)C(=O)O)[C@@H]1O. The molecule has 1 aliphatic rings.